The second-order valence-corrected chi connectivity index (χ2v) is 6.52. The van der Waals surface area contributed by atoms with Gasteiger partial charge in [-0.15, -0.1) is 0 Å². The van der Waals surface area contributed by atoms with Crippen LogP contribution in [0.4, 0.5) is 0 Å². The maximum atomic E-state index is 12.4. The smallest absolute Gasteiger partial charge is 0.286 e. The summed E-state index contributed by atoms with van der Waals surface area (Å²) in [5.74, 6) is 1.21. The third-order valence-corrected chi connectivity index (χ3v) is 4.97. The Morgan fingerprint density at radius 1 is 1.46 bits per heavy atom. The molecule has 1 saturated carbocycles. The van der Waals surface area contributed by atoms with E-state index in [1.54, 1.807) is 7.11 Å². The van der Waals surface area contributed by atoms with Gasteiger partial charge in [0.25, 0.3) is 5.91 Å². The van der Waals surface area contributed by atoms with Gasteiger partial charge in [0.1, 0.15) is 0 Å². The molecule has 0 aromatic rings. The van der Waals surface area contributed by atoms with Gasteiger partial charge in [0.2, 0.25) is 6.29 Å². The minimum atomic E-state index is -0.416. The van der Waals surface area contributed by atoms with Crippen molar-refractivity contribution in [3.05, 3.63) is 11.8 Å². The van der Waals surface area contributed by atoms with Gasteiger partial charge < -0.3 is 24.6 Å². The zero-order valence-electron chi connectivity index (χ0n) is 14.8. The number of aliphatic hydroxyl groups is 1. The van der Waals surface area contributed by atoms with Crippen molar-refractivity contribution in [1.82, 2.24) is 5.32 Å². The first-order valence-electron chi connectivity index (χ1n) is 9.09. The molecule has 0 unspecified atom stereocenters. The highest BCUT2D eigenvalue weighted by Crippen LogP contribution is 2.44. The minimum absolute atomic E-state index is 0.167. The van der Waals surface area contributed by atoms with Crippen molar-refractivity contribution >= 4 is 5.91 Å². The third kappa shape index (κ3) is 4.94. The molecule has 0 aromatic carbocycles. The molecule has 2 rings (SSSR count). The van der Waals surface area contributed by atoms with E-state index in [1.807, 2.05) is 13.0 Å². The molecule has 138 valence electrons. The van der Waals surface area contributed by atoms with Crippen LogP contribution in [0.25, 0.3) is 0 Å². The van der Waals surface area contributed by atoms with Gasteiger partial charge in [-0.3, -0.25) is 4.79 Å². The van der Waals surface area contributed by atoms with Crippen LogP contribution in [0.15, 0.2) is 11.8 Å². The molecular weight excluding hydrogens is 310 g/mol. The molecule has 24 heavy (non-hydrogen) atoms. The molecular formula is C18H31NO5. The van der Waals surface area contributed by atoms with E-state index in [2.05, 4.69) is 5.32 Å². The molecule has 6 heteroatoms. The summed E-state index contributed by atoms with van der Waals surface area (Å²) >= 11 is 0. The van der Waals surface area contributed by atoms with Crippen LogP contribution < -0.4 is 5.32 Å². The average molecular weight is 341 g/mol. The van der Waals surface area contributed by atoms with Crippen LogP contribution in [-0.2, 0) is 19.0 Å². The van der Waals surface area contributed by atoms with Crippen molar-refractivity contribution in [3.8, 4) is 0 Å². The standard InChI is InChI=1S/C18H31NO5/c1-3-23-18-14(8-5-10-20)15(13-6-4-7-13)12-16(24-18)17(21)19-9-11-22-2/h12-15,18,20H,3-11H2,1-2H3,(H,19,21)/t14-,15-,18-/m1/s1. The maximum Gasteiger partial charge on any atom is 0.286 e. The molecule has 6 nitrogen and oxygen atoms in total. The fourth-order valence-corrected chi connectivity index (χ4v) is 3.50. The normalized spacial score (nSPS) is 27.1. The second kappa shape index (κ2) is 10.0. The van der Waals surface area contributed by atoms with E-state index in [4.69, 9.17) is 14.2 Å². The first kappa shape index (κ1) is 19.2. The first-order valence-corrected chi connectivity index (χ1v) is 9.09. The van der Waals surface area contributed by atoms with E-state index in [9.17, 15) is 9.90 Å². The Kier molecular flexibility index (Phi) is 8.02. The van der Waals surface area contributed by atoms with Crippen molar-refractivity contribution in [2.24, 2.45) is 17.8 Å². The Morgan fingerprint density at radius 3 is 2.83 bits per heavy atom. The van der Waals surface area contributed by atoms with Gasteiger partial charge in [-0.25, -0.2) is 0 Å². The third-order valence-electron chi connectivity index (χ3n) is 4.97. The Bertz CT molecular complexity index is 422. The van der Waals surface area contributed by atoms with Crippen LogP contribution >= 0.6 is 0 Å². The number of allylic oxidation sites excluding steroid dienone is 1. The van der Waals surface area contributed by atoms with Gasteiger partial charge in [-0.1, -0.05) is 6.42 Å². The summed E-state index contributed by atoms with van der Waals surface area (Å²) < 4.78 is 16.6. The molecule has 0 bridgehead atoms. The van der Waals surface area contributed by atoms with Gasteiger partial charge in [-0.05, 0) is 50.5 Å². The van der Waals surface area contributed by atoms with Crippen LogP contribution in [-0.4, -0.2) is 50.8 Å². The summed E-state index contributed by atoms with van der Waals surface area (Å²) in [6.07, 6.45) is 6.77. The lowest BCUT2D eigenvalue weighted by molar-refractivity contribution is -0.178. The molecule has 0 spiro atoms. The number of hydrogen-bond donors (Lipinski definition) is 2. The number of ether oxygens (including phenoxy) is 3. The fourth-order valence-electron chi connectivity index (χ4n) is 3.50. The largest absolute Gasteiger partial charge is 0.459 e. The molecule has 1 heterocycles. The Labute approximate surface area is 144 Å². The van der Waals surface area contributed by atoms with E-state index in [0.717, 1.165) is 12.8 Å². The molecule has 3 atom stereocenters. The van der Waals surface area contributed by atoms with Gasteiger partial charge in [0, 0.05) is 32.8 Å². The number of carbonyl (C=O) groups is 1. The monoisotopic (exact) mass is 341 g/mol. The van der Waals surface area contributed by atoms with Crippen LogP contribution in [0.3, 0.4) is 0 Å². The van der Waals surface area contributed by atoms with Crippen molar-refractivity contribution in [1.29, 1.82) is 0 Å². The summed E-state index contributed by atoms with van der Waals surface area (Å²) in [5.41, 5.74) is 0. The second-order valence-electron chi connectivity index (χ2n) is 6.52. The minimum Gasteiger partial charge on any atom is -0.459 e. The SMILES string of the molecule is CCO[C@@H]1OC(C(=O)NCCOC)=C[C@H](C2CCC2)[C@H]1CCCO. The number of carbonyl (C=O) groups excluding carboxylic acids is 1. The van der Waals surface area contributed by atoms with Gasteiger partial charge >= 0.3 is 0 Å². The number of rotatable bonds is 10. The summed E-state index contributed by atoms with van der Waals surface area (Å²) in [6, 6.07) is 0. The van der Waals surface area contributed by atoms with E-state index in [0.29, 0.717) is 31.4 Å². The molecule has 1 aliphatic heterocycles. The number of methoxy groups -OCH3 is 1. The molecule has 2 aliphatic rings. The van der Waals surface area contributed by atoms with E-state index < -0.39 is 6.29 Å². The molecule has 0 aromatic heterocycles. The molecule has 1 fully saturated rings. The Balaban J connectivity index is 2.11. The zero-order chi connectivity index (χ0) is 17.4. The molecule has 1 amide bonds. The maximum absolute atomic E-state index is 12.4. The van der Waals surface area contributed by atoms with Crippen molar-refractivity contribution in [2.75, 3.05) is 33.5 Å². The Hall–Kier alpha value is -1.11. The number of hydrogen-bond acceptors (Lipinski definition) is 5. The molecule has 1 aliphatic carbocycles. The fraction of sp³-hybridized carbons (Fsp3) is 0.833. The van der Waals surface area contributed by atoms with Crippen molar-refractivity contribution in [2.45, 2.75) is 45.3 Å². The highest BCUT2D eigenvalue weighted by molar-refractivity contribution is 5.91. The topological polar surface area (TPSA) is 77.0 Å². The molecule has 0 radical (unpaired) electrons. The highest BCUT2D eigenvalue weighted by atomic mass is 16.7. The quantitative estimate of drug-likeness (QED) is 0.593. The van der Waals surface area contributed by atoms with Gasteiger partial charge in [0.15, 0.2) is 5.76 Å². The molecule has 0 saturated heterocycles. The summed E-state index contributed by atoms with van der Waals surface area (Å²) in [6.45, 7) is 3.56. The van der Waals surface area contributed by atoms with Gasteiger partial charge in [0.05, 0.1) is 6.61 Å². The van der Waals surface area contributed by atoms with Crippen molar-refractivity contribution < 1.29 is 24.1 Å². The predicted molar refractivity (Wildman–Crippen MR) is 90.1 cm³/mol. The van der Waals surface area contributed by atoms with Crippen LogP contribution in [0.5, 0.6) is 0 Å². The van der Waals surface area contributed by atoms with E-state index in [1.165, 1.54) is 19.3 Å². The summed E-state index contributed by atoms with van der Waals surface area (Å²) in [5, 5.41) is 12.0. The first-order chi connectivity index (χ1) is 11.7. The lowest BCUT2D eigenvalue weighted by atomic mass is 9.68. The average Bonchev–Trinajstić information content (AvgIpc) is 2.52. The lowest BCUT2D eigenvalue weighted by Crippen LogP contribution is -2.43. The van der Waals surface area contributed by atoms with Crippen LogP contribution in [0.1, 0.15) is 39.0 Å². The summed E-state index contributed by atoms with van der Waals surface area (Å²) in [4.78, 5) is 12.4. The molecule has 2 N–H and O–H groups in total. The van der Waals surface area contributed by atoms with Gasteiger partial charge in [-0.2, -0.15) is 0 Å². The highest BCUT2D eigenvalue weighted by Gasteiger charge is 2.41. The van der Waals surface area contributed by atoms with Crippen molar-refractivity contribution in [3.63, 3.8) is 0 Å². The zero-order valence-corrected chi connectivity index (χ0v) is 14.8. The number of amides is 1. The van der Waals surface area contributed by atoms with E-state index in [-0.39, 0.29) is 24.3 Å². The summed E-state index contributed by atoms with van der Waals surface area (Å²) in [7, 11) is 1.60. The Morgan fingerprint density at radius 2 is 2.25 bits per heavy atom. The number of aliphatic hydroxyl groups excluding tert-OH is 1. The van der Waals surface area contributed by atoms with Crippen LogP contribution in [0, 0.1) is 17.8 Å². The predicted octanol–water partition coefficient (Wildman–Crippen LogP) is 1.83. The number of nitrogens with one attached hydrogen (secondary N) is 1. The van der Waals surface area contributed by atoms with Crippen LogP contribution in [0.2, 0.25) is 0 Å². The van der Waals surface area contributed by atoms with E-state index >= 15 is 0 Å². The lowest BCUT2D eigenvalue weighted by Gasteiger charge is -2.43.